The van der Waals surface area contributed by atoms with E-state index in [1.54, 1.807) is 0 Å². The van der Waals surface area contributed by atoms with Crippen LogP contribution in [0.3, 0.4) is 0 Å². The van der Waals surface area contributed by atoms with Gasteiger partial charge in [-0.2, -0.15) is 0 Å². The SMILES string of the molecule is C[C@H](NC(=O)OCC1c2ccccc2-c2ccccc21)C(=O)NC(CCC(C)(C)C)C(=O)O. The fraction of sp³-hybridized carbons (Fsp3) is 0.423. The Kier molecular flexibility index (Phi) is 7.41. The minimum atomic E-state index is -1.10. The van der Waals surface area contributed by atoms with Gasteiger partial charge in [0.25, 0.3) is 0 Å². The molecule has 1 aliphatic carbocycles. The van der Waals surface area contributed by atoms with E-state index in [-0.39, 0.29) is 17.9 Å². The van der Waals surface area contributed by atoms with Crippen molar-refractivity contribution in [1.29, 1.82) is 0 Å². The summed E-state index contributed by atoms with van der Waals surface area (Å²) in [6, 6.07) is 14.1. The molecule has 1 unspecified atom stereocenters. The Labute approximate surface area is 194 Å². The molecule has 0 spiro atoms. The van der Waals surface area contributed by atoms with E-state index in [0.717, 1.165) is 22.3 Å². The number of alkyl carbamates (subject to hydrolysis) is 1. The largest absolute Gasteiger partial charge is 0.480 e. The number of hydrogen-bond acceptors (Lipinski definition) is 4. The molecule has 2 aromatic carbocycles. The Bertz CT molecular complexity index is 982. The number of hydrogen-bond donors (Lipinski definition) is 3. The molecule has 0 bridgehead atoms. The number of aliphatic carboxylic acids is 1. The molecule has 0 saturated heterocycles. The molecular formula is C26H32N2O5. The van der Waals surface area contributed by atoms with Crippen molar-refractivity contribution < 1.29 is 24.2 Å². The predicted molar refractivity (Wildman–Crippen MR) is 126 cm³/mol. The first kappa shape index (κ1) is 24.3. The van der Waals surface area contributed by atoms with Gasteiger partial charge in [0.2, 0.25) is 5.91 Å². The molecule has 0 aliphatic heterocycles. The van der Waals surface area contributed by atoms with Crippen LogP contribution in [-0.4, -0.2) is 41.8 Å². The highest BCUT2D eigenvalue weighted by molar-refractivity contribution is 5.89. The zero-order chi connectivity index (χ0) is 24.2. The second kappa shape index (κ2) is 10.1. The number of fused-ring (bicyclic) bond motifs is 3. The number of rotatable bonds is 8. The molecule has 1 aliphatic rings. The average molecular weight is 453 g/mol. The summed E-state index contributed by atoms with van der Waals surface area (Å²) >= 11 is 0. The normalized spacial score (nSPS) is 14.5. The zero-order valence-electron chi connectivity index (χ0n) is 19.6. The lowest BCUT2D eigenvalue weighted by Gasteiger charge is -2.23. The topological polar surface area (TPSA) is 105 Å². The third kappa shape index (κ3) is 6.12. The van der Waals surface area contributed by atoms with Gasteiger partial charge >= 0.3 is 12.1 Å². The molecule has 0 fully saturated rings. The number of carboxylic acid groups (broad SMARTS) is 1. The highest BCUT2D eigenvalue weighted by atomic mass is 16.5. The minimum absolute atomic E-state index is 0.0520. The van der Waals surface area contributed by atoms with E-state index in [0.29, 0.717) is 12.8 Å². The van der Waals surface area contributed by atoms with Crippen LogP contribution in [0.4, 0.5) is 4.79 Å². The first-order chi connectivity index (χ1) is 15.6. The van der Waals surface area contributed by atoms with Crippen LogP contribution in [0.2, 0.25) is 0 Å². The Morgan fingerprint density at radius 1 is 0.970 bits per heavy atom. The highest BCUT2D eigenvalue weighted by Crippen LogP contribution is 2.44. The minimum Gasteiger partial charge on any atom is -0.480 e. The van der Waals surface area contributed by atoms with Crippen LogP contribution >= 0.6 is 0 Å². The van der Waals surface area contributed by atoms with Gasteiger partial charge in [0.1, 0.15) is 18.7 Å². The lowest BCUT2D eigenvalue weighted by atomic mass is 9.88. The molecule has 176 valence electrons. The summed E-state index contributed by atoms with van der Waals surface area (Å²) in [5.74, 6) is -1.74. The molecule has 2 aromatic rings. The fourth-order valence-electron chi connectivity index (χ4n) is 4.01. The van der Waals surface area contributed by atoms with Crippen LogP contribution < -0.4 is 10.6 Å². The van der Waals surface area contributed by atoms with Gasteiger partial charge in [-0.1, -0.05) is 69.3 Å². The average Bonchev–Trinajstić information content (AvgIpc) is 3.08. The van der Waals surface area contributed by atoms with Crippen molar-refractivity contribution in [2.45, 2.75) is 58.5 Å². The number of carbonyl (C=O) groups is 3. The van der Waals surface area contributed by atoms with Gasteiger partial charge < -0.3 is 20.5 Å². The molecule has 0 saturated carbocycles. The monoisotopic (exact) mass is 452 g/mol. The molecule has 2 atom stereocenters. The molecule has 3 rings (SSSR count). The van der Waals surface area contributed by atoms with Gasteiger partial charge in [0.15, 0.2) is 0 Å². The Balaban J connectivity index is 1.55. The van der Waals surface area contributed by atoms with E-state index in [2.05, 4.69) is 22.8 Å². The van der Waals surface area contributed by atoms with E-state index < -0.39 is 30.1 Å². The summed E-state index contributed by atoms with van der Waals surface area (Å²) in [6.07, 6.45) is 0.224. The lowest BCUT2D eigenvalue weighted by Crippen LogP contribution is -2.50. The second-order valence-electron chi connectivity index (χ2n) is 9.69. The smallest absolute Gasteiger partial charge is 0.407 e. The summed E-state index contributed by atoms with van der Waals surface area (Å²) in [4.78, 5) is 36.4. The molecule has 7 heteroatoms. The van der Waals surface area contributed by atoms with Crippen molar-refractivity contribution in [2.24, 2.45) is 5.41 Å². The van der Waals surface area contributed by atoms with Gasteiger partial charge in [0.05, 0.1) is 0 Å². The van der Waals surface area contributed by atoms with Crippen molar-refractivity contribution in [3.8, 4) is 11.1 Å². The van der Waals surface area contributed by atoms with Crippen LogP contribution in [0.5, 0.6) is 0 Å². The van der Waals surface area contributed by atoms with E-state index in [1.165, 1.54) is 6.92 Å². The van der Waals surface area contributed by atoms with Crippen LogP contribution in [0.15, 0.2) is 48.5 Å². The molecule has 7 nitrogen and oxygen atoms in total. The summed E-state index contributed by atoms with van der Waals surface area (Å²) in [5, 5.41) is 14.4. The lowest BCUT2D eigenvalue weighted by molar-refractivity contribution is -0.142. The number of carboxylic acids is 1. The van der Waals surface area contributed by atoms with Gasteiger partial charge in [-0.25, -0.2) is 9.59 Å². The molecule has 3 N–H and O–H groups in total. The van der Waals surface area contributed by atoms with Crippen LogP contribution in [0, 0.1) is 5.41 Å². The Hall–Kier alpha value is -3.35. The van der Waals surface area contributed by atoms with Crippen molar-refractivity contribution in [3.05, 3.63) is 59.7 Å². The molecule has 0 aromatic heterocycles. The molecular weight excluding hydrogens is 420 g/mol. The van der Waals surface area contributed by atoms with E-state index in [9.17, 15) is 19.5 Å². The highest BCUT2D eigenvalue weighted by Gasteiger charge is 2.30. The van der Waals surface area contributed by atoms with Gasteiger partial charge in [-0.05, 0) is 47.4 Å². The van der Waals surface area contributed by atoms with Crippen LogP contribution in [0.1, 0.15) is 57.6 Å². The third-order valence-electron chi connectivity index (χ3n) is 5.87. The summed E-state index contributed by atoms with van der Waals surface area (Å²) in [7, 11) is 0. The fourth-order valence-corrected chi connectivity index (χ4v) is 4.01. The van der Waals surface area contributed by atoms with Crippen molar-refractivity contribution in [3.63, 3.8) is 0 Å². The van der Waals surface area contributed by atoms with E-state index >= 15 is 0 Å². The Morgan fingerprint density at radius 3 is 2.03 bits per heavy atom. The van der Waals surface area contributed by atoms with E-state index in [1.807, 2.05) is 57.2 Å². The maximum atomic E-state index is 12.5. The number of benzene rings is 2. The van der Waals surface area contributed by atoms with Gasteiger partial charge in [0, 0.05) is 5.92 Å². The van der Waals surface area contributed by atoms with Crippen molar-refractivity contribution in [1.82, 2.24) is 10.6 Å². The molecule has 0 heterocycles. The van der Waals surface area contributed by atoms with Crippen LogP contribution in [-0.2, 0) is 14.3 Å². The number of nitrogens with one attached hydrogen (secondary N) is 2. The number of amides is 2. The number of ether oxygens (including phenoxy) is 1. The summed E-state index contributed by atoms with van der Waals surface area (Å²) < 4.78 is 5.46. The molecule has 33 heavy (non-hydrogen) atoms. The van der Waals surface area contributed by atoms with Crippen molar-refractivity contribution in [2.75, 3.05) is 6.61 Å². The van der Waals surface area contributed by atoms with Crippen molar-refractivity contribution >= 4 is 18.0 Å². The quantitative estimate of drug-likeness (QED) is 0.554. The van der Waals surface area contributed by atoms with Crippen LogP contribution in [0.25, 0.3) is 11.1 Å². The summed E-state index contributed by atoms with van der Waals surface area (Å²) in [6.45, 7) is 7.66. The molecule has 2 amide bonds. The second-order valence-corrected chi connectivity index (χ2v) is 9.69. The zero-order valence-corrected chi connectivity index (χ0v) is 19.6. The van der Waals surface area contributed by atoms with E-state index in [4.69, 9.17) is 4.74 Å². The summed E-state index contributed by atoms with van der Waals surface area (Å²) in [5.41, 5.74) is 4.40. The predicted octanol–water partition coefficient (Wildman–Crippen LogP) is 4.31. The maximum Gasteiger partial charge on any atom is 0.407 e. The first-order valence-electron chi connectivity index (χ1n) is 11.2. The maximum absolute atomic E-state index is 12.5. The van der Waals surface area contributed by atoms with Gasteiger partial charge in [-0.15, -0.1) is 0 Å². The number of carbonyl (C=O) groups excluding carboxylic acids is 2. The Morgan fingerprint density at radius 2 is 1.52 bits per heavy atom. The standard InChI is InChI=1S/C26H32N2O5/c1-16(23(29)28-22(24(30)31)13-14-26(2,3)4)27-25(32)33-15-21-19-11-7-5-9-17(19)18-10-6-8-12-20(18)21/h5-12,16,21-22H,13-15H2,1-4H3,(H,27,32)(H,28,29)(H,30,31)/t16-,22?/m0/s1. The van der Waals surface area contributed by atoms with Gasteiger partial charge in [-0.3, -0.25) is 4.79 Å². The molecule has 0 radical (unpaired) electrons. The first-order valence-corrected chi connectivity index (χ1v) is 11.2. The third-order valence-corrected chi connectivity index (χ3v) is 5.87.